The number of fused-ring (bicyclic) bond motifs is 3. The quantitative estimate of drug-likeness (QED) is 0.348. The predicted molar refractivity (Wildman–Crippen MR) is 120 cm³/mol. The number of aromatic nitrogens is 3. The first-order chi connectivity index (χ1) is 14.9. The Kier molecular flexibility index (Phi) is 3.74. The molecule has 0 aliphatic heterocycles. The van der Waals surface area contributed by atoms with Crippen molar-refractivity contribution < 1.29 is 4.52 Å². The Labute approximate surface area is 173 Å². The maximum Gasteiger partial charge on any atom is 0.260 e. The fraction of sp³-hybridized carbons (Fsp3) is 0. The van der Waals surface area contributed by atoms with Gasteiger partial charge in [-0.1, -0.05) is 84.0 Å². The molecule has 0 N–H and O–H groups in total. The number of hydrogen-bond acceptors (Lipinski definition) is 3. The van der Waals surface area contributed by atoms with Gasteiger partial charge in [-0.15, -0.1) is 0 Å². The molecule has 30 heavy (non-hydrogen) atoms. The number of rotatable bonds is 3. The van der Waals surface area contributed by atoms with Gasteiger partial charge in [0.1, 0.15) is 0 Å². The Balaban J connectivity index is 1.60. The molecule has 142 valence electrons. The molecule has 0 unspecified atom stereocenters. The molecule has 4 heteroatoms. The predicted octanol–water partition coefficient (Wildman–Crippen LogP) is 6.50. The molecule has 0 atom stereocenters. The van der Waals surface area contributed by atoms with E-state index in [4.69, 9.17) is 9.51 Å². The zero-order chi connectivity index (χ0) is 19.9. The van der Waals surface area contributed by atoms with Gasteiger partial charge in [-0.25, -0.2) is 0 Å². The van der Waals surface area contributed by atoms with E-state index in [-0.39, 0.29) is 0 Å². The van der Waals surface area contributed by atoms with Gasteiger partial charge in [0.2, 0.25) is 5.82 Å². The molecule has 0 bridgehead atoms. The molecule has 4 aromatic carbocycles. The van der Waals surface area contributed by atoms with Crippen LogP contribution in [0.5, 0.6) is 0 Å². The zero-order valence-electron chi connectivity index (χ0n) is 16.1. The lowest BCUT2D eigenvalue weighted by atomic mass is 10.1. The highest BCUT2D eigenvalue weighted by molar-refractivity contribution is 6.09. The maximum atomic E-state index is 5.69. The highest BCUT2D eigenvalue weighted by Crippen LogP contribution is 2.35. The van der Waals surface area contributed by atoms with Crippen LogP contribution in [0.1, 0.15) is 0 Å². The molecular formula is C26H17N3O. The molecule has 0 amide bonds. The SMILES string of the molecule is c1ccc(-c2noc(-c3ccccc3-n3c4ccccc4c4ccccc43)n2)cc1. The summed E-state index contributed by atoms with van der Waals surface area (Å²) in [6, 6.07) is 35.0. The van der Waals surface area contributed by atoms with Crippen molar-refractivity contribution in [3.8, 4) is 28.5 Å². The Morgan fingerprint density at radius 3 is 1.93 bits per heavy atom. The second-order valence-corrected chi connectivity index (χ2v) is 7.18. The molecule has 0 aliphatic carbocycles. The summed E-state index contributed by atoms with van der Waals surface area (Å²) in [4.78, 5) is 4.69. The lowest BCUT2D eigenvalue weighted by molar-refractivity contribution is 0.432. The van der Waals surface area contributed by atoms with Crippen molar-refractivity contribution in [1.82, 2.24) is 14.7 Å². The Hall–Kier alpha value is -4.18. The van der Waals surface area contributed by atoms with E-state index in [1.807, 2.05) is 48.5 Å². The van der Waals surface area contributed by atoms with Gasteiger partial charge in [0.25, 0.3) is 5.89 Å². The molecule has 4 nitrogen and oxygen atoms in total. The van der Waals surface area contributed by atoms with Crippen LogP contribution < -0.4 is 0 Å². The second kappa shape index (κ2) is 6.71. The fourth-order valence-corrected chi connectivity index (χ4v) is 4.07. The molecule has 2 heterocycles. The van der Waals surface area contributed by atoms with Crippen molar-refractivity contribution in [3.05, 3.63) is 103 Å². The van der Waals surface area contributed by atoms with E-state index in [9.17, 15) is 0 Å². The lowest BCUT2D eigenvalue weighted by Gasteiger charge is -2.11. The van der Waals surface area contributed by atoms with Gasteiger partial charge in [-0.2, -0.15) is 4.98 Å². The summed E-state index contributed by atoms with van der Waals surface area (Å²) >= 11 is 0. The third-order valence-corrected chi connectivity index (χ3v) is 5.41. The van der Waals surface area contributed by atoms with E-state index in [0.29, 0.717) is 11.7 Å². The van der Waals surface area contributed by atoms with Gasteiger partial charge in [-0.05, 0) is 24.3 Å². The van der Waals surface area contributed by atoms with Crippen molar-refractivity contribution in [2.24, 2.45) is 0 Å². The number of hydrogen-bond donors (Lipinski definition) is 0. The van der Waals surface area contributed by atoms with Crippen LogP contribution >= 0.6 is 0 Å². The number of para-hydroxylation sites is 3. The Bertz CT molecular complexity index is 1440. The van der Waals surface area contributed by atoms with Crippen LogP contribution in [0.2, 0.25) is 0 Å². The van der Waals surface area contributed by atoms with Crippen LogP contribution in [-0.4, -0.2) is 14.7 Å². The number of nitrogens with zero attached hydrogens (tertiary/aromatic N) is 3. The summed E-state index contributed by atoms with van der Waals surface area (Å²) < 4.78 is 7.96. The molecule has 0 fully saturated rings. The van der Waals surface area contributed by atoms with E-state index < -0.39 is 0 Å². The third-order valence-electron chi connectivity index (χ3n) is 5.41. The normalized spacial score (nSPS) is 11.3. The first kappa shape index (κ1) is 16.7. The summed E-state index contributed by atoms with van der Waals surface area (Å²) in [6.07, 6.45) is 0. The average Bonchev–Trinajstić information content (AvgIpc) is 3.43. The molecule has 0 aliphatic rings. The minimum absolute atomic E-state index is 0.506. The molecular weight excluding hydrogens is 370 g/mol. The summed E-state index contributed by atoms with van der Waals surface area (Å²) in [5.74, 6) is 1.09. The molecule has 0 spiro atoms. The fourth-order valence-electron chi connectivity index (χ4n) is 4.07. The van der Waals surface area contributed by atoms with Crippen molar-refractivity contribution in [2.45, 2.75) is 0 Å². The Morgan fingerprint density at radius 1 is 0.600 bits per heavy atom. The third kappa shape index (κ3) is 2.54. The molecule has 0 saturated heterocycles. The van der Waals surface area contributed by atoms with Gasteiger partial charge in [0, 0.05) is 16.3 Å². The average molecular weight is 387 g/mol. The van der Waals surface area contributed by atoms with E-state index >= 15 is 0 Å². The summed E-state index contributed by atoms with van der Waals surface area (Å²) in [7, 11) is 0. The standard InChI is InChI=1S/C26H17N3O/c1-2-10-18(11-3-1)25-27-26(30-28-25)21-14-6-9-17-24(21)29-22-15-7-4-12-19(22)20-13-5-8-16-23(20)29/h1-17H. The van der Waals surface area contributed by atoms with E-state index in [2.05, 4.69) is 64.3 Å². The smallest absolute Gasteiger partial charge is 0.260 e. The summed E-state index contributed by atoms with van der Waals surface area (Å²) in [6.45, 7) is 0. The van der Waals surface area contributed by atoms with Crippen molar-refractivity contribution >= 4 is 21.8 Å². The van der Waals surface area contributed by atoms with Gasteiger partial charge in [0.15, 0.2) is 0 Å². The van der Waals surface area contributed by atoms with Crippen molar-refractivity contribution in [1.29, 1.82) is 0 Å². The zero-order valence-corrected chi connectivity index (χ0v) is 16.1. The van der Waals surface area contributed by atoms with E-state index in [1.165, 1.54) is 10.8 Å². The minimum Gasteiger partial charge on any atom is -0.334 e. The van der Waals surface area contributed by atoms with Gasteiger partial charge >= 0.3 is 0 Å². The van der Waals surface area contributed by atoms with Crippen LogP contribution in [-0.2, 0) is 0 Å². The highest BCUT2D eigenvalue weighted by Gasteiger charge is 2.18. The highest BCUT2D eigenvalue weighted by atomic mass is 16.5. The molecule has 6 aromatic rings. The van der Waals surface area contributed by atoms with Gasteiger partial charge < -0.3 is 9.09 Å². The van der Waals surface area contributed by atoms with Gasteiger partial charge in [0.05, 0.1) is 22.3 Å². The van der Waals surface area contributed by atoms with Crippen molar-refractivity contribution in [2.75, 3.05) is 0 Å². The largest absolute Gasteiger partial charge is 0.334 e. The number of benzene rings is 4. The van der Waals surface area contributed by atoms with E-state index in [1.54, 1.807) is 0 Å². The van der Waals surface area contributed by atoms with E-state index in [0.717, 1.165) is 27.8 Å². The first-order valence-electron chi connectivity index (χ1n) is 9.87. The van der Waals surface area contributed by atoms with Crippen LogP contribution in [0.15, 0.2) is 108 Å². The Morgan fingerprint density at radius 2 is 1.20 bits per heavy atom. The first-order valence-corrected chi connectivity index (χ1v) is 9.87. The van der Waals surface area contributed by atoms with Crippen LogP contribution in [0.3, 0.4) is 0 Å². The van der Waals surface area contributed by atoms with Gasteiger partial charge in [-0.3, -0.25) is 0 Å². The van der Waals surface area contributed by atoms with Crippen LogP contribution in [0.4, 0.5) is 0 Å². The maximum absolute atomic E-state index is 5.69. The van der Waals surface area contributed by atoms with Crippen molar-refractivity contribution in [3.63, 3.8) is 0 Å². The molecule has 0 saturated carbocycles. The summed E-state index contributed by atoms with van der Waals surface area (Å²) in [5.41, 5.74) is 5.14. The molecule has 2 aromatic heterocycles. The minimum atomic E-state index is 0.506. The molecule has 6 rings (SSSR count). The molecule has 0 radical (unpaired) electrons. The summed E-state index contributed by atoms with van der Waals surface area (Å²) in [5, 5.41) is 6.66. The monoisotopic (exact) mass is 387 g/mol. The van der Waals surface area contributed by atoms with Crippen LogP contribution in [0.25, 0.3) is 50.3 Å². The van der Waals surface area contributed by atoms with Crippen LogP contribution in [0, 0.1) is 0 Å². The lowest BCUT2D eigenvalue weighted by Crippen LogP contribution is -1.97. The topological polar surface area (TPSA) is 43.9 Å². The second-order valence-electron chi connectivity index (χ2n) is 7.18.